The number of aromatic nitrogens is 2. The SMILES string of the molecule is CN1C(=O)C2(CCC2)c2c1cnc1ccc(-c3cnc(N4CCC(N5CCCCC5)CC4)c(NS(=O)(=O)c4ccc(F)cc4F)c3)cc21. The Balaban J connectivity index is 1.18. The third-order valence-electron chi connectivity index (χ3n) is 10.9. The van der Waals surface area contributed by atoms with Gasteiger partial charge in [-0.3, -0.25) is 14.5 Å². The van der Waals surface area contributed by atoms with E-state index >= 15 is 0 Å². The van der Waals surface area contributed by atoms with Crippen molar-refractivity contribution >= 4 is 44.0 Å². The molecule has 3 fully saturated rings. The molecule has 0 atom stereocenters. The van der Waals surface area contributed by atoms with Gasteiger partial charge in [-0.15, -0.1) is 0 Å². The van der Waals surface area contributed by atoms with E-state index in [-0.39, 0.29) is 11.6 Å². The summed E-state index contributed by atoms with van der Waals surface area (Å²) in [6.45, 7) is 3.62. The molecule has 3 aliphatic heterocycles. The lowest BCUT2D eigenvalue weighted by Crippen LogP contribution is -2.47. The fraction of sp³-hybridized carbons (Fsp3) is 0.417. The van der Waals surface area contributed by atoms with E-state index in [4.69, 9.17) is 4.98 Å². The van der Waals surface area contributed by atoms with Crippen LogP contribution in [0, 0.1) is 11.6 Å². The lowest BCUT2D eigenvalue weighted by molar-refractivity contribution is -0.125. The molecule has 8 rings (SSSR count). The van der Waals surface area contributed by atoms with Gasteiger partial charge in [0, 0.05) is 55.0 Å². The zero-order valence-electron chi connectivity index (χ0n) is 26.9. The van der Waals surface area contributed by atoms with Gasteiger partial charge in [0.1, 0.15) is 16.5 Å². The Morgan fingerprint density at radius 1 is 0.875 bits per heavy atom. The Labute approximate surface area is 279 Å². The van der Waals surface area contributed by atoms with E-state index in [1.807, 2.05) is 18.2 Å². The maximum atomic E-state index is 14.8. The fourth-order valence-electron chi connectivity index (χ4n) is 8.21. The second-order valence-electron chi connectivity index (χ2n) is 13.6. The summed E-state index contributed by atoms with van der Waals surface area (Å²) in [7, 11) is -2.64. The van der Waals surface area contributed by atoms with E-state index in [0.29, 0.717) is 36.6 Å². The van der Waals surface area contributed by atoms with Crippen LogP contribution in [0.4, 0.5) is 26.0 Å². The average Bonchev–Trinajstić information content (AvgIpc) is 3.31. The highest BCUT2D eigenvalue weighted by Crippen LogP contribution is 2.55. The van der Waals surface area contributed by atoms with Gasteiger partial charge in [-0.05, 0) is 87.5 Å². The van der Waals surface area contributed by atoms with Crippen LogP contribution < -0.4 is 14.5 Å². The minimum absolute atomic E-state index is 0.100. The van der Waals surface area contributed by atoms with Gasteiger partial charge in [0.05, 0.1) is 28.5 Å². The van der Waals surface area contributed by atoms with Crippen molar-refractivity contribution in [3.63, 3.8) is 0 Å². The molecule has 48 heavy (non-hydrogen) atoms. The van der Waals surface area contributed by atoms with Crippen LogP contribution in [0.1, 0.15) is 56.9 Å². The minimum atomic E-state index is -4.43. The molecule has 0 radical (unpaired) electrons. The number of nitrogens with zero attached hydrogens (tertiary/aromatic N) is 5. The number of rotatable bonds is 6. The predicted octanol–water partition coefficient (Wildman–Crippen LogP) is 6.23. The number of piperidine rings is 2. The second-order valence-corrected chi connectivity index (χ2v) is 15.3. The van der Waals surface area contributed by atoms with Crippen LogP contribution >= 0.6 is 0 Å². The van der Waals surface area contributed by atoms with Gasteiger partial charge in [0.25, 0.3) is 10.0 Å². The van der Waals surface area contributed by atoms with Crippen molar-refractivity contribution in [1.82, 2.24) is 14.9 Å². The lowest BCUT2D eigenvalue weighted by atomic mass is 9.64. The fourth-order valence-corrected chi connectivity index (χ4v) is 9.32. The van der Waals surface area contributed by atoms with Crippen molar-refractivity contribution in [2.75, 3.05) is 47.7 Å². The Kier molecular flexibility index (Phi) is 7.63. The highest BCUT2D eigenvalue weighted by molar-refractivity contribution is 7.92. The number of nitrogens with one attached hydrogen (secondary N) is 1. The van der Waals surface area contributed by atoms with Crippen molar-refractivity contribution in [2.24, 2.45) is 0 Å². The van der Waals surface area contributed by atoms with E-state index in [1.54, 1.807) is 30.4 Å². The number of sulfonamides is 1. The molecule has 1 amide bonds. The third-order valence-corrected chi connectivity index (χ3v) is 12.3. The van der Waals surface area contributed by atoms with Crippen LogP contribution in [0.3, 0.4) is 0 Å². The van der Waals surface area contributed by atoms with Crippen molar-refractivity contribution in [1.29, 1.82) is 0 Å². The molecule has 2 aromatic carbocycles. The van der Waals surface area contributed by atoms with E-state index in [9.17, 15) is 22.0 Å². The molecule has 1 aliphatic carbocycles. The molecule has 5 heterocycles. The maximum Gasteiger partial charge on any atom is 0.264 e. The number of anilines is 3. The summed E-state index contributed by atoms with van der Waals surface area (Å²) in [5.41, 5.74) is 3.72. The number of likely N-dealkylation sites (tertiary alicyclic amines) is 1. The number of carbonyl (C=O) groups is 1. The summed E-state index contributed by atoms with van der Waals surface area (Å²) in [5.74, 6) is -1.47. The number of hydrogen-bond donors (Lipinski definition) is 1. The number of likely N-dealkylation sites (N-methyl/N-ethyl adjacent to an activating group) is 1. The molecule has 1 N–H and O–H groups in total. The zero-order chi connectivity index (χ0) is 33.2. The van der Waals surface area contributed by atoms with Crippen LogP contribution in [0.15, 0.2) is 59.8 Å². The van der Waals surface area contributed by atoms with Gasteiger partial charge in [0.2, 0.25) is 5.91 Å². The minimum Gasteiger partial charge on any atom is -0.355 e. The first-order chi connectivity index (χ1) is 23.1. The number of halogens is 2. The molecule has 4 aliphatic rings. The molecule has 250 valence electrons. The largest absolute Gasteiger partial charge is 0.355 e. The van der Waals surface area contributed by atoms with Crippen molar-refractivity contribution in [2.45, 2.75) is 67.7 Å². The zero-order valence-corrected chi connectivity index (χ0v) is 27.7. The molecule has 1 saturated carbocycles. The second kappa shape index (κ2) is 11.8. The first kappa shape index (κ1) is 31.1. The molecule has 1 spiro atoms. The number of pyridine rings is 2. The van der Waals surface area contributed by atoms with Crippen molar-refractivity contribution in [3.8, 4) is 11.1 Å². The highest BCUT2D eigenvalue weighted by Gasteiger charge is 2.54. The monoisotopic (exact) mass is 672 g/mol. The van der Waals surface area contributed by atoms with Gasteiger partial charge in [-0.2, -0.15) is 0 Å². The smallest absolute Gasteiger partial charge is 0.264 e. The lowest BCUT2D eigenvalue weighted by Gasteiger charge is -2.41. The Morgan fingerprint density at radius 3 is 2.35 bits per heavy atom. The quantitative estimate of drug-likeness (QED) is 0.260. The standard InChI is InChI=1S/C36H38F2N6O3S/c1-42-31-22-39-29-8-6-23(18-27(29)33(31)36(35(42)45)12-5-13-36)24-19-30(41-48(46,47)32-9-7-25(37)20-28(32)38)34(40-21-24)44-16-10-26(11-17-44)43-14-3-2-4-15-43/h6-9,18-22,26,41H,2-5,10-17H2,1H3. The van der Waals surface area contributed by atoms with E-state index in [0.717, 1.165) is 85.0 Å². The van der Waals surface area contributed by atoms with Gasteiger partial charge >= 0.3 is 0 Å². The number of fused-ring (bicyclic) bond motifs is 4. The molecular weight excluding hydrogens is 634 g/mol. The Morgan fingerprint density at radius 2 is 1.65 bits per heavy atom. The van der Waals surface area contributed by atoms with E-state index < -0.39 is 32.0 Å². The van der Waals surface area contributed by atoms with Crippen LogP contribution in [-0.2, 0) is 20.2 Å². The topological polar surface area (TPSA) is 98.7 Å². The third kappa shape index (κ3) is 5.11. The summed E-state index contributed by atoms with van der Waals surface area (Å²) < 4.78 is 58.2. The van der Waals surface area contributed by atoms with Crippen LogP contribution in [0.25, 0.3) is 22.0 Å². The van der Waals surface area contributed by atoms with Crippen molar-refractivity contribution < 1.29 is 22.0 Å². The van der Waals surface area contributed by atoms with Crippen LogP contribution in [0.2, 0.25) is 0 Å². The van der Waals surface area contributed by atoms with Gasteiger partial charge in [-0.1, -0.05) is 18.9 Å². The van der Waals surface area contributed by atoms with Crippen LogP contribution in [-0.4, -0.2) is 68.5 Å². The molecule has 2 saturated heterocycles. The molecule has 4 aromatic rings. The summed E-state index contributed by atoms with van der Waals surface area (Å²) in [4.78, 5) is 28.6. The summed E-state index contributed by atoms with van der Waals surface area (Å²) in [5, 5.41) is 0.891. The van der Waals surface area contributed by atoms with Crippen molar-refractivity contribution in [3.05, 3.63) is 72.1 Å². The number of carbonyl (C=O) groups excluding carboxylic acids is 1. The van der Waals surface area contributed by atoms with Gasteiger partial charge in [0.15, 0.2) is 5.82 Å². The molecule has 9 nitrogen and oxygen atoms in total. The molecule has 0 bridgehead atoms. The highest BCUT2D eigenvalue weighted by atomic mass is 32.2. The first-order valence-corrected chi connectivity index (χ1v) is 18.3. The molecule has 2 aromatic heterocycles. The summed E-state index contributed by atoms with van der Waals surface area (Å²) in [6.07, 6.45) is 11.7. The molecule has 12 heteroatoms. The van der Waals surface area contributed by atoms with Crippen LogP contribution in [0.5, 0.6) is 0 Å². The Hall–Kier alpha value is -4.16. The van der Waals surface area contributed by atoms with Gasteiger partial charge < -0.3 is 14.7 Å². The number of hydrogen-bond acceptors (Lipinski definition) is 7. The normalized spacial score (nSPS) is 19.9. The summed E-state index contributed by atoms with van der Waals surface area (Å²) >= 11 is 0. The van der Waals surface area contributed by atoms with Gasteiger partial charge in [-0.25, -0.2) is 22.2 Å². The van der Waals surface area contributed by atoms with E-state index in [2.05, 4.69) is 19.5 Å². The summed E-state index contributed by atoms with van der Waals surface area (Å²) in [6, 6.07) is 10.5. The predicted molar refractivity (Wildman–Crippen MR) is 182 cm³/mol. The van der Waals surface area contributed by atoms with E-state index in [1.165, 1.54) is 19.3 Å². The molecular formula is C36H38F2N6O3S. The number of amides is 1. The first-order valence-electron chi connectivity index (χ1n) is 16.8. The maximum absolute atomic E-state index is 14.8. The molecule has 0 unspecified atom stereocenters. The Bertz CT molecular complexity index is 2040. The number of benzene rings is 2. The average molecular weight is 673 g/mol.